The molecule has 0 aliphatic rings. The molecule has 2 N–H and O–H groups in total. The summed E-state index contributed by atoms with van der Waals surface area (Å²) in [5, 5.41) is 5.61. The first-order valence-electron chi connectivity index (χ1n) is 8.08. The number of nitrogens with one attached hydrogen (secondary N) is 2. The Morgan fingerprint density at radius 3 is 2.16 bits per heavy atom. The molecule has 3 amide bonds. The molecule has 1 heterocycles. The van der Waals surface area contributed by atoms with Crippen LogP contribution in [0, 0.1) is 6.92 Å². The van der Waals surface area contributed by atoms with Gasteiger partial charge in [-0.05, 0) is 30.5 Å². The van der Waals surface area contributed by atoms with E-state index < -0.39 is 0 Å². The van der Waals surface area contributed by atoms with E-state index in [9.17, 15) is 9.59 Å². The number of urea groups is 1. The minimum absolute atomic E-state index is 0.0978. The van der Waals surface area contributed by atoms with Gasteiger partial charge in [0, 0.05) is 24.7 Å². The smallest absolute Gasteiger partial charge is 0.323 e. The van der Waals surface area contributed by atoms with Crippen LogP contribution in [0.2, 0.25) is 0 Å². The lowest BCUT2D eigenvalue weighted by atomic mass is 9.94. The van der Waals surface area contributed by atoms with E-state index in [-0.39, 0.29) is 17.4 Å². The number of aryl methyl sites for hydroxylation is 1. The SMILES string of the molecule is Cc1ccc(NC(=O)Nc2cc(C(C)(C)C)sc2C(=O)N(C)C)cc1. The van der Waals surface area contributed by atoms with Gasteiger partial charge in [0.15, 0.2) is 0 Å². The van der Waals surface area contributed by atoms with E-state index >= 15 is 0 Å². The van der Waals surface area contributed by atoms with Crippen LogP contribution in [0.5, 0.6) is 0 Å². The highest BCUT2D eigenvalue weighted by Gasteiger charge is 2.24. The van der Waals surface area contributed by atoms with Gasteiger partial charge in [0.1, 0.15) is 4.88 Å². The Morgan fingerprint density at radius 1 is 1.04 bits per heavy atom. The normalized spacial score (nSPS) is 11.1. The first-order valence-corrected chi connectivity index (χ1v) is 8.90. The maximum Gasteiger partial charge on any atom is 0.323 e. The molecule has 0 aliphatic heterocycles. The number of hydrogen-bond acceptors (Lipinski definition) is 3. The fraction of sp³-hybridized carbons (Fsp3) is 0.368. The van der Waals surface area contributed by atoms with Crippen LogP contribution < -0.4 is 10.6 Å². The third-order valence-corrected chi connectivity index (χ3v) is 5.18. The largest absolute Gasteiger partial charge is 0.344 e. The quantitative estimate of drug-likeness (QED) is 0.834. The lowest BCUT2D eigenvalue weighted by molar-refractivity contribution is 0.0833. The predicted molar refractivity (Wildman–Crippen MR) is 105 cm³/mol. The van der Waals surface area contributed by atoms with Crippen LogP contribution in [0.15, 0.2) is 30.3 Å². The average Bonchev–Trinajstić information content (AvgIpc) is 2.92. The second-order valence-corrected chi connectivity index (χ2v) is 8.30. The molecular formula is C19H25N3O2S. The Bertz CT molecular complexity index is 771. The molecule has 2 rings (SSSR count). The molecule has 0 spiro atoms. The fourth-order valence-corrected chi connectivity index (χ4v) is 3.33. The number of thiophene rings is 1. The zero-order chi connectivity index (χ0) is 18.8. The summed E-state index contributed by atoms with van der Waals surface area (Å²) in [5.41, 5.74) is 2.27. The molecule has 0 saturated carbocycles. The van der Waals surface area contributed by atoms with E-state index in [0.717, 1.165) is 10.4 Å². The van der Waals surface area contributed by atoms with E-state index in [2.05, 4.69) is 31.4 Å². The monoisotopic (exact) mass is 359 g/mol. The summed E-state index contributed by atoms with van der Waals surface area (Å²) in [4.78, 5) is 27.9. The van der Waals surface area contributed by atoms with Crippen molar-refractivity contribution < 1.29 is 9.59 Å². The molecule has 6 heteroatoms. The van der Waals surface area contributed by atoms with Gasteiger partial charge in [-0.25, -0.2) is 4.79 Å². The van der Waals surface area contributed by atoms with Crippen LogP contribution in [-0.4, -0.2) is 30.9 Å². The fourth-order valence-electron chi connectivity index (χ4n) is 2.14. The maximum absolute atomic E-state index is 12.4. The highest BCUT2D eigenvalue weighted by molar-refractivity contribution is 7.14. The van der Waals surface area contributed by atoms with Crippen molar-refractivity contribution in [2.24, 2.45) is 0 Å². The molecule has 0 radical (unpaired) electrons. The molecule has 0 unspecified atom stereocenters. The molecule has 1 aromatic carbocycles. The summed E-state index contributed by atoms with van der Waals surface area (Å²) in [5.74, 6) is -0.119. The van der Waals surface area contributed by atoms with Crippen LogP contribution in [0.4, 0.5) is 16.2 Å². The molecule has 0 aliphatic carbocycles. The zero-order valence-electron chi connectivity index (χ0n) is 15.6. The molecule has 25 heavy (non-hydrogen) atoms. The van der Waals surface area contributed by atoms with E-state index in [1.807, 2.05) is 37.3 Å². The maximum atomic E-state index is 12.4. The second-order valence-electron chi connectivity index (χ2n) is 7.25. The molecule has 0 bridgehead atoms. The summed E-state index contributed by atoms with van der Waals surface area (Å²) < 4.78 is 0. The van der Waals surface area contributed by atoms with Gasteiger partial charge >= 0.3 is 6.03 Å². The van der Waals surface area contributed by atoms with Crippen molar-refractivity contribution in [3.8, 4) is 0 Å². The number of benzene rings is 1. The summed E-state index contributed by atoms with van der Waals surface area (Å²) in [6, 6.07) is 9.06. The molecule has 0 atom stereocenters. The molecule has 0 fully saturated rings. The molecule has 134 valence electrons. The van der Waals surface area contributed by atoms with Crippen molar-refractivity contribution in [2.45, 2.75) is 33.1 Å². The number of rotatable bonds is 3. The van der Waals surface area contributed by atoms with Crippen LogP contribution in [0.25, 0.3) is 0 Å². The lowest BCUT2D eigenvalue weighted by Crippen LogP contribution is -2.24. The van der Waals surface area contributed by atoms with Gasteiger partial charge in [-0.15, -0.1) is 11.3 Å². The minimum atomic E-state index is -0.366. The van der Waals surface area contributed by atoms with Crippen LogP contribution in [-0.2, 0) is 5.41 Å². The van der Waals surface area contributed by atoms with Crippen molar-refractivity contribution in [1.82, 2.24) is 4.90 Å². The van der Waals surface area contributed by atoms with E-state index in [0.29, 0.717) is 16.3 Å². The molecule has 2 aromatic rings. The number of nitrogens with zero attached hydrogens (tertiary/aromatic N) is 1. The zero-order valence-corrected chi connectivity index (χ0v) is 16.4. The number of anilines is 2. The summed E-state index contributed by atoms with van der Waals surface area (Å²) in [6.45, 7) is 8.24. The number of amides is 3. The van der Waals surface area contributed by atoms with Crippen LogP contribution >= 0.6 is 11.3 Å². The van der Waals surface area contributed by atoms with E-state index in [4.69, 9.17) is 0 Å². The minimum Gasteiger partial charge on any atom is -0.344 e. The molecule has 1 aromatic heterocycles. The van der Waals surface area contributed by atoms with E-state index in [1.54, 1.807) is 14.1 Å². The Morgan fingerprint density at radius 2 is 1.64 bits per heavy atom. The van der Waals surface area contributed by atoms with Crippen molar-refractivity contribution in [2.75, 3.05) is 24.7 Å². The summed E-state index contributed by atoms with van der Waals surface area (Å²) in [7, 11) is 3.41. The highest BCUT2D eigenvalue weighted by Crippen LogP contribution is 2.36. The first kappa shape index (κ1) is 19.0. The van der Waals surface area contributed by atoms with Crippen molar-refractivity contribution in [3.05, 3.63) is 45.6 Å². The third-order valence-electron chi connectivity index (χ3n) is 3.63. The van der Waals surface area contributed by atoms with Gasteiger partial charge in [0.25, 0.3) is 5.91 Å². The van der Waals surface area contributed by atoms with E-state index in [1.165, 1.54) is 16.2 Å². The Balaban J connectivity index is 2.24. The van der Waals surface area contributed by atoms with Gasteiger partial charge in [-0.2, -0.15) is 0 Å². The lowest BCUT2D eigenvalue weighted by Gasteiger charge is -2.15. The van der Waals surface area contributed by atoms with Crippen LogP contribution in [0.1, 0.15) is 40.9 Å². The second kappa shape index (κ2) is 7.27. The van der Waals surface area contributed by atoms with Crippen molar-refractivity contribution in [1.29, 1.82) is 0 Å². The predicted octanol–water partition coefficient (Wildman–Crippen LogP) is 4.70. The standard InChI is InChI=1S/C19H25N3O2S/c1-12-7-9-13(10-8-12)20-18(24)21-14-11-15(19(2,3)4)25-16(14)17(23)22(5)6/h7-11H,1-6H3,(H2,20,21,24). The van der Waals surface area contributed by atoms with Gasteiger partial charge < -0.3 is 15.5 Å². The van der Waals surface area contributed by atoms with Gasteiger partial charge in [-0.3, -0.25) is 4.79 Å². The average molecular weight is 359 g/mol. The highest BCUT2D eigenvalue weighted by atomic mass is 32.1. The number of carbonyl (C=O) groups excluding carboxylic acids is 2. The summed E-state index contributed by atoms with van der Waals surface area (Å²) in [6.07, 6.45) is 0. The third kappa shape index (κ3) is 4.82. The molecule has 0 saturated heterocycles. The van der Waals surface area contributed by atoms with Gasteiger partial charge in [0.2, 0.25) is 0 Å². The summed E-state index contributed by atoms with van der Waals surface area (Å²) >= 11 is 1.42. The Kier molecular flexibility index (Phi) is 5.52. The number of carbonyl (C=O) groups is 2. The van der Waals surface area contributed by atoms with Gasteiger partial charge in [0.05, 0.1) is 5.69 Å². The van der Waals surface area contributed by atoms with Crippen LogP contribution in [0.3, 0.4) is 0 Å². The topological polar surface area (TPSA) is 61.4 Å². The van der Waals surface area contributed by atoms with Crippen molar-refractivity contribution in [3.63, 3.8) is 0 Å². The Labute approximate surface area is 153 Å². The molecule has 5 nitrogen and oxygen atoms in total. The first-order chi connectivity index (χ1) is 11.6. The van der Waals surface area contributed by atoms with Crippen molar-refractivity contribution >= 4 is 34.6 Å². The number of hydrogen-bond donors (Lipinski definition) is 2. The molecular weight excluding hydrogens is 334 g/mol. The van der Waals surface area contributed by atoms with Gasteiger partial charge in [-0.1, -0.05) is 38.5 Å². The Hall–Kier alpha value is -2.34.